The van der Waals surface area contributed by atoms with Crippen molar-refractivity contribution >= 4 is 34.6 Å². The Kier molecular flexibility index (Phi) is 11.2. The molecule has 1 aliphatic carbocycles. The lowest BCUT2D eigenvalue weighted by atomic mass is 9.68. The Bertz CT molecular complexity index is 1200. The lowest BCUT2D eigenvalue weighted by Crippen LogP contribution is -2.52. The van der Waals surface area contributed by atoms with Gasteiger partial charge in [-0.2, -0.15) is 5.26 Å². The van der Waals surface area contributed by atoms with Gasteiger partial charge >= 0.3 is 0 Å². The van der Waals surface area contributed by atoms with E-state index in [1.807, 2.05) is 57.4 Å². The summed E-state index contributed by atoms with van der Waals surface area (Å²) in [4.78, 5) is 15.0. The first-order valence-corrected chi connectivity index (χ1v) is 15.7. The van der Waals surface area contributed by atoms with Crippen LogP contribution in [0.5, 0.6) is 5.75 Å². The van der Waals surface area contributed by atoms with Gasteiger partial charge in [0.1, 0.15) is 5.75 Å². The number of benzene rings is 2. The molecule has 0 aromatic heterocycles. The van der Waals surface area contributed by atoms with Crippen molar-refractivity contribution in [3.8, 4) is 11.8 Å². The number of anilines is 3. The molecule has 1 spiro atoms. The van der Waals surface area contributed by atoms with E-state index >= 15 is 0 Å². The van der Waals surface area contributed by atoms with Crippen LogP contribution in [-0.4, -0.2) is 43.6 Å². The summed E-state index contributed by atoms with van der Waals surface area (Å²) in [5.74, 6) is 0.276. The van der Waals surface area contributed by atoms with Crippen molar-refractivity contribution in [2.75, 3.05) is 43.2 Å². The number of halogens is 1. The van der Waals surface area contributed by atoms with Crippen LogP contribution in [0.2, 0.25) is 5.02 Å². The summed E-state index contributed by atoms with van der Waals surface area (Å²) in [6.07, 6.45) is 11.4. The lowest BCUT2D eigenvalue weighted by Gasteiger charge is -2.48. The molecule has 2 aliphatic rings. The second-order valence-electron chi connectivity index (χ2n) is 11.8. The molecule has 2 atom stereocenters. The Balaban J connectivity index is 1.76. The molecular weight excluding hydrogens is 534 g/mol. The van der Waals surface area contributed by atoms with Gasteiger partial charge < -0.3 is 25.6 Å². The number of ether oxygens (including phenoxy) is 1. The molecule has 1 aliphatic heterocycles. The second kappa shape index (κ2) is 14.8. The van der Waals surface area contributed by atoms with Gasteiger partial charge in [-0.15, -0.1) is 0 Å². The van der Waals surface area contributed by atoms with Gasteiger partial charge in [-0.25, -0.2) is 0 Å². The molecule has 2 aromatic rings. The molecule has 41 heavy (non-hydrogen) atoms. The molecule has 1 saturated carbocycles. The van der Waals surface area contributed by atoms with E-state index in [9.17, 15) is 10.1 Å². The number of amides is 1. The third kappa shape index (κ3) is 8.08. The molecule has 0 radical (unpaired) electrons. The minimum absolute atomic E-state index is 0.0449. The fourth-order valence-electron chi connectivity index (χ4n) is 6.39. The highest BCUT2D eigenvalue weighted by Gasteiger charge is 2.48. The van der Waals surface area contributed by atoms with E-state index in [-0.39, 0.29) is 23.4 Å². The highest BCUT2D eigenvalue weighted by Crippen LogP contribution is 2.50. The highest BCUT2D eigenvalue weighted by molar-refractivity contribution is 6.30. The maximum absolute atomic E-state index is 12.9. The van der Waals surface area contributed by atoms with E-state index < -0.39 is 0 Å². The first-order chi connectivity index (χ1) is 19.8. The number of hydrogen-bond donors (Lipinski definition) is 3. The fraction of sp³-hybridized carbons (Fsp3) is 0.576. The topological polar surface area (TPSA) is 89.4 Å². The molecule has 3 N–H and O–H groups in total. The Morgan fingerprint density at radius 1 is 1.12 bits per heavy atom. The smallest absolute Gasteiger partial charge is 0.224 e. The highest BCUT2D eigenvalue weighted by atomic mass is 35.5. The van der Waals surface area contributed by atoms with Gasteiger partial charge in [0.15, 0.2) is 0 Å². The molecule has 222 valence electrons. The molecule has 1 fully saturated rings. The van der Waals surface area contributed by atoms with Crippen molar-refractivity contribution in [3.63, 3.8) is 0 Å². The molecule has 2 aromatic carbocycles. The van der Waals surface area contributed by atoms with Gasteiger partial charge in [0, 0.05) is 34.4 Å². The molecular formula is C33H46ClN5O2. The number of rotatable bonds is 9. The van der Waals surface area contributed by atoms with Gasteiger partial charge in [-0.1, -0.05) is 62.6 Å². The number of nitriles is 1. The molecule has 4 rings (SSSR count). The van der Waals surface area contributed by atoms with Crippen molar-refractivity contribution < 1.29 is 9.53 Å². The molecule has 8 heteroatoms. The lowest BCUT2D eigenvalue weighted by molar-refractivity contribution is -0.116. The van der Waals surface area contributed by atoms with Crippen LogP contribution in [0.4, 0.5) is 17.1 Å². The molecule has 1 amide bonds. The minimum Gasteiger partial charge on any atom is -0.492 e. The van der Waals surface area contributed by atoms with E-state index in [0.29, 0.717) is 29.5 Å². The van der Waals surface area contributed by atoms with Gasteiger partial charge in [0.2, 0.25) is 5.91 Å². The van der Waals surface area contributed by atoms with Gasteiger partial charge in [-0.3, -0.25) is 4.79 Å². The van der Waals surface area contributed by atoms with Gasteiger partial charge in [0.25, 0.3) is 0 Å². The van der Waals surface area contributed by atoms with E-state index in [0.717, 1.165) is 55.6 Å². The van der Waals surface area contributed by atoms with Gasteiger partial charge in [-0.05, 0) is 71.1 Å². The number of nitrogens with one attached hydrogen (secondary N) is 3. The fourth-order valence-corrected chi connectivity index (χ4v) is 6.58. The third-order valence-corrected chi connectivity index (χ3v) is 8.65. The first-order valence-electron chi connectivity index (χ1n) is 15.3. The summed E-state index contributed by atoms with van der Waals surface area (Å²) >= 11 is 6.36. The molecule has 7 nitrogen and oxygen atoms in total. The number of carbonyl (C=O) groups excluding carboxylic acids is 1. The molecule has 0 bridgehead atoms. The molecule has 2 unspecified atom stereocenters. The second-order valence-corrected chi connectivity index (χ2v) is 12.3. The maximum atomic E-state index is 12.9. The van der Waals surface area contributed by atoms with E-state index in [4.69, 9.17) is 16.3 Å². The molecule has 1 heterocycles. The largest absolute Gasteiger partial charge is 0.492 e. The van der Waals surface area contributed by atoms with Crippen molar-refractivity contribution in [1.29, 1.82) is 5.26 Å². The zero-order valence-corrected chi connectivity index (χ0v) is 25.7. The SMILES string of the molecule is CCOc1cc2c(cc1NC(=O)CCCN(C)C)C(Nc1cccc(Cl)c1)C(C#N)C1(CCCCCCCCC1)N2. The predicted octanol–water partition coefficient (Wildman–Crippen LogP) is 8.00. The normalized spacial score (nSPS) is 20.4. The van der Waals surface area contributed by atoms with Crippen molar-refractivity contribution in [3.05, 3.63) is 47.0 Å². The zero-order valence-electron chi connectivity index (χ0n) is 24.9. The molecule has 0 saturated heterocycles. The summed E-state index contributed by atoms with van der Waals surface area (Å²) in [5, 5.41) is 22.1. The van der Waals surface area contributed by atoms with Crippen LogP contribution < -0.4 is 20.7 Å². The van der Waals surface area contributed by atoms with E-state index in [2.05, 4.69) is 26.9 Å². The summed E-state index contributed by atoms with van der Waals surface area (Å²) in [6, 6.07) is 14.1. The summed E-state index contributed by atoms with van der Waals surface area (Å²) in [7, 11) is 4.01. The van der Waals surface area contributed by atoms with Crippen LogP contribution in [-0.2, 0) is 4.79 Å². The van der Waals surface area contributed by atoms with Crippen LogP contribution in [0, 0.1) is 17.2 Å². The Morgan fingerprint density at radius 3 is 2.46 bits per heavy atom. The first kappa shape index (κ1) is 31.0. The average Bonchev–Trinajstić information content (AvgIpc) is 2.93. The van der Waals surface area contributed by atoms with E-state index in [1.165, 1.54) is 32.1 Å². The quantitative estimate of drug-likeness (QED) is 0.279. The number of nitrogens with zero attached hydrogens (tertiary/aromatic N) is 2. The minimum atomic E-state index is -0.365. The standard InChI is InChI=1S/C33H46ClN5O2/c1-4-41-30-22-28-26(21-29(30)37-31(40)16-13-19-39(2)3)32(36-25-15-12-14-24(34)20-25)27(23-35)33(38-28)17-10-8-6-5-7-9-11-18-33/h12,14-15,20-22,27,32,36,38H,4-11,13,16-19H2,1-3H3,(H,37,40). The van der Waals surface area contributed by atoms with Crippen LogP contribution in [0.25, 0.3) is 0 Å². The van der Waals surface area contributed by atoms with Crippen molar-refractivity contribution in [2.24, 2.45) is 5.92 Å². The van der Waals surface area contributed by atoms with Crippen molar-refractivity contribution in [1.82, 2.24) is 4.90 Å². The summed E-state index contributed by atoms with van der Waals surface area (Å²) < 4.78 is 6.06. The maximum Gasteiger partial charge on any atom is 0.224 e. The number of hydrogen-bond acceptors (Lipinski definition) is 6. The summed E-state index contributed by atoms with van der Waals surface area (Å²) in [6.45, 7) is 3.28. The van der Waals surface area contributed by atoms with E-state index in [1.54, 1.807) is 0 Å². The Hall–Kier alpha value is -2.95. The Labute approximate surface area is 251 Å². The zero-order chi connectivity index (χ0) is 29.2. The third-order valence-electron chi connectivity index (χ3n) is 8.41. The van der Waals surface area contributed by atoms with Crippen LogP contribution in [0.15, 0.2) is 36.4 Å². The van der Waals surface area contributed by atoms with Gasteiger partial charge in [0.05, 0.1) is 35.9 Å². The predicted molar refractivity (Wildman–Crippen MR) is 169 cm³/mol. The van der Waals surface area contributed by atoms with Crippen LogP contribution >= 0.6 is 11.6 Å². The van der Waals surface area contributed by atoms with Crippen LogP contribution in [0.1, 0.15) is 89.2 Å². The van der Waals surface area contributed by atoms with Crippen molar-refractivity contribution in [2.45, 2.75) is 89.1 Å². The number of fused-ring (bicyclic) bond motifs is 1. The number of carbonyl (C=O) groups is 1. The monoisotopic (exact) mass is 579 g/mol. The summed E-state index contributed by atoms with van der Waals surface area (Å²) in [5.41, 5.74) is 3.05. The Morgan fingerprint density at radius 2 is 1.83 bits per heavy atom. The average molecular weight is 580 g/mol. The van der Waals surface area contributed by atoms with Crippen LogP contribution in [0.3, 0.4) is 0 Å².